The van der Waals surface area contributed by atoms with Crippen molar-refractivity contribution in [2.75, 3.05) is 11.9 Å². The quantitative estimate of drug-likeness (QED) is 0.430. The van der Waals surface area contributed by atoms with Crippen molar-refractivity contribution in [3.05, 3.63) is 66.5 Å². The fraction of sp³-hybridized carbons (Fsp3) is 0.182. The molecule has 0 amide bonds. The largest absolute Gasteiger partial charge is 0.359 e. The molecule has 2 nitrogen and oxygen atoms in total. The summed E-state index contributed by atoms with van der Waals surface area (Å²) in [7, 11) is 2.13. The SMILES string of the molecule is Cc1c(N2C=CN(C)[C@@H]2C)cc2ccc3cccc4ccc1c2c34. The van der Waals surface area contributed by atoms with Crippen LogP contribution in [-0.4, -0.2) is 18.1 Å². The standard InChI is InChI=1S/C22H20N2/c1-14-19-10-9-17-6-4-5-16-7-8-18(22(19)21(16)17)13-20(14)24-12-11-23(3)15(24)2/h4-13,15H,1-3H3/t15-/m0/s1. The molecular weight excluding hydrogens is 292 g/mol. The molecule has 118 valence electrons. The molecule has 0 saturated carbocycles. The Kier molecular flexibility index (Phi) is 2.64. The van der Waals surface area contributed by atoms with Crippen LogP contribution in [0.2, 0.25) is 0 Å². The first kappa shape index (κ1) is 13.7. The van der Waals surface area contributed by atoms with Gasteiger partial charge in [-0.05, 0) is 57.8 Å². The first-order chi connectivity index (χ1) is 11.6. The van der Waals surface area contributed by atoms with E-state index in [0.29, 0.717) is 6.17 Å². The van der Waals surface area contributed by atoms with Gasteiger partial charge in [-0.25, -0.2) is 0 Å². The minimum atomic E-state index is 0.344. The van der Waals surface area contributed by atoms with Gasteiger partial charge in [-0.15, -0.1) is 0 Å². The average Bonchev–Trinajstić information content (AvgIpc) is 2.93. The van der Waals surface area contributed by atoms with Gasteiger partial charge in [-0.3, -0.25) is 0 Å². The minimum Gasteiger partial charge on any atom is -0.359 e. The Hall–Kier alpha value is -2.74. The third-order valence-corrected chi connectivity index (χ3v) is 5.62. The van der Waals surface area contributed by atoms with Gasteiger partial charge in [0.2, 0.25) is 0 Å². The molecule has 0 fully saturated rings. The molecule has 0 N–H and O–H groups in total. The Balaban J connectivity index is 1.89. The van der Waals surface area contributed by atoms with Gasteiger partial charge in [-0.2, -0.15) is 0 Å². The highest BCUT2D eigenvalue weighted by atomic mass is 15.4. The van der Waals surface area contributed by atoms with Crippen LogP contribution < -0.4 is 4.90 Å². The summed E-state index contributed by atoms with van der Waals surface area (Å²) >= 11 is 0. The lowest BCUT2D eigenvalue weighted by Gasteiger charge is -2.29. The second-order valence-electron chi connectivity index (χ2n) is 6.88. The van der Waals surface area contributed by atoms with E-state index in [1.165, 1.54) is 43.6 Å². The summed E-state index contributed by atoms with van der Waals surface area (Å²) in [4.78, 5) is 4.60. The average molecular weight is 312 g/mol. The Morgan fingerprint density at radius 3 is 2.25 bits per heavy atom. The maximum atomic E-state index is 2.36. The van der Waals surface area contributed by atoms with Gasteiger partial charge >= 0.3 is 0 Å². The van der Waals surface area contributed by atoms with Gasteiger partial charge < -0.3 is 9.80 Å². The number of rotatable bonds is 1. The second kappa shape index (κ2) is 4.64. The fourth-order valence-corrected chi connectivity index (χ4v) is 4.11. The van der Waals surface area contributed by atoms with Crippen LogP contribution in [-0.2, 0) is 0 Å². The van der Waals surface area contributed by atoms with Gasteiger partial charge in [0.05, 0.1) is 0 Å². The van der Waals surface area contributed by atoms with Gasteiger partial charge in [-0.1, -0.05) is 42.5 Å². The molecule has 4 aromatic rings. The fourth-order valence-electron chi connectivity index (χ4n) is 4.11. The minimum absolute atomic E-state index is 0.344. The van der Waals surface area contributed by atoms with Crippen LogP contribution in [0.3, 0.4) is 0 Å². The molecular formula is C22H20N2. The van der Waals surface area contributed by atoms with E-state index in [1.54, 1.807) is 0 Å². The zero-order valence-electron chi connectivity index (χ0n) is 14.2. The lowest BCUT2D eigenvalue weighted by Crippen LogP contribution is -2.33. The van der Waals surface area contributed by atoms with Crippen LogP contribution in [0.25, 0.3) is 32.3 Å². The van der Waals surface area contributed by atoms with Crippen molar-refractivity contribution in [2.45, 2.75) is 20.0 Å². The maximum absolute atomic E-state index is 2.36. The zero-order chi connectivity index (χ0) is 16.4. The van der Waals surface area contributed by atoms with Gasteiger partial charge in [0.25, 0.3) is 0 Å². The summed E-state index contributed by atoms with van der Waals surface area (Å²) in [5.74, 6) is 0. The number of hydrogen-bond donors (Lipinski definition) is 0. The smallest absolute Gasteiger partial charge is 0.102 e. The second-order valence-corrected chi connectivity index (χ2v) is 6.88. The number of nitrogens with zero attached hydrogens (tertiary/aromatic N) is 2. The van der Waals surface area contributed by atoms with Crippen molar-refractivity contribution in [3.63, 3.8) is 0 Å². The highest BCUT2D eigenvalue weighted by Crippen LogP contribution is 2.40. The number of aryl methyl sites for hydroxylation is 1. The third kappa shape index (κ3) is 1.66. The van der Waals surface area contributed by atoms with Crippen molar-refractivity contribution >= 4 is 38.0 Å². The number of benzene rings is 4. The monoisotopic (exact) mass is 312 g/mol. The van der Waals surface area contributed by atoms with Crippen molar-refractivity contribution < 1.29 is 0 Å². The molecule has 0 radical (unpaired) electrons. The van der Waals surface area contributed by atoms with Gasteiger partial charge in [0, 0.05) is 25.1 Å². The predicted octanol–water partition coefficient (Wildman–Crippen LogP) is 5.46. The molecule has 2 heteroatoms. The van der Waals surface area contributed by atoms with Crippen LogP contribution in [0.15, 0.2) is 60.9 Å². The van der Waals surface area contributed by atoms with Crippen LogP contribution in [0.1, 0.15) is 12.5 Å². The van der Waals surface area contributed by atoms with E-state index in [9.17, 15) is 0 Å². The summed E-state index contributed by atoms with van der Waals surface area (Å²) in [6.45, 7) is 4.49. The van der Waals surface area contributed by atoms with E-state index < -0.39 is 0 Å². The van der Waals surface area contributed by atoms with Crippen molar-refractivity contribution in [1.82, 2.24) is 4.90 Å². The highest BCUT2D eigenvalue weighted by molar-refractivity contribution is 6.24. The van der Waals surface area contributed by atoms with Crippen molar-refractivity contribution in [3.8, 4) is 0 Å². The summed E-state index contributed by atoms with van der Waals surface area (Å²) in [5.41, 5.74) is 2.65. The highest BCUT2D eigenvalue weighted by Gasteiger charge is 2.23. The molecule has 4 aromatic carbocycles. The van der Waals surface area contributed by atoms with E-state index >= 15 is 0 Å². The zero-order valence-corrected chi connectivity index (χ0v) is 14.2. The van der Waals surface area contributed by atoms with Crippen molar-refractivity contribution in [1.29, 1.82) is 0 Å². The summed E-state index contributed by atoms with van der Waals surface area (Å²) in [6.07, 6.45) is 4.68. The summed E-state index contributed by atoms with van der Waals surface area (Å²) < 4.78 is 0. The first-order valence-electron chi connectivity index (χ1n) is 8.51. The predicted molar refractivity (Wildman–Crippen MR) is 104 cm³/mol. The molecule has 1 aliphatic heterocycles. The van der Waals surface area contributed by atoms with Crippen LogP contribution >= 0.6 is 0 Å². The molecule has 1 aliphatic rings. The van der Waals surface area contributed by atoms with E-state index in [2.05, 4.69) is 91.6 Å². The lowest BCUT2D eigenvalue weighted by atomic mass is 9.91. The summed E-state index contributed by atoms with van der Waals surface area (Å²) in [5, 5.41) is 8.13. The number of hydrogen-bond acceptors (Lipinski definition) is 2. The normalized spacial score (nSPS) is 17.9. The molecule has 0 aromatic heterocycles. The van der Waals surface area contributed by atoms with Gasteiger partial charge in [0.1, 0.15) is 6.17 Å². The Morgan fingerprint density at radius 2 is 1.54 bits per heavy atom. The topological polar surface area (TPSA) is 6.48 Å². The van der Waals surface area contributed by atoms with E-state index in [4.69, 9.17) is 0 Å². The Labute approximate surface area is 141 Å². The van der Waals surface area contributed by atoms with Crippen LogP contribution in [0, 0.1) is 6.92 Å². The molecule has 0 unspecified atom stereocenters. The Morgan fingerprint density at radius 1 is 0.833 bits per heavy atom. The molecule has 1 atom stereocenters. The third-order valence-electron chi connectivity index (χ3n) is 5.62. The Bertz CT molecular complexity index is 1090. The van der Waals surface area contributed by atoms with Crippen molar-refractivity contribution in [2.24, 2.45) is 0 Å². The molecule has 0 aliphatic carbocycles. The lowest BCUT2D eigenvalue weighted by molar-refractivity contribution is 0.383. The number of anilines is 1. The molecule has 1 heterocycles. The molecule has 0 spiro atoms. The van der Waals surface area contributed by atoms with E-state index in [-0.39, 0.29) is 0 Å². The summed E-state index contributed by atoms with van der Waals surface area (Å²) in [6, 6.07) is 18.0. The van der Waals surface area contributed by atoms with E-state index in [0.717, 1.165) is 0 Å². The first-order valence-corrected chi connectivity index (χ1v) is 8.51. The van der Waals surface area contributed by atoms with Crippen LogP contribution in [0.4, 0.5) is 5.69 Å². The van der Waals surface area contributed by atoms with E-state index in [1.807, 2.05) is 0 Å². The molecule has 0 bridgehead atoms. The van der Waals surface area contributed by atoms with Crippen LogP contribution in [0.5, 0.6) is 0 Å². The molecule has 24 heavy (non-hydrogen) atoms. The van der Waals surface area contributed by atoms with Gasteiger partial charge in [0.15, 0.2) is 0 Å². The molecule has 0 saturated heterocycles. The molecule has 5 rings (SSSR count). The maximum Gasteiger partial charge on any atom is 0.102 e.